The van der Waals surface area contributed by atoms with E-state index in [2.05, 4.69) is 5.32 Å². The van der Waals surface area contributed by atoms with Crippen molar-refractivity contribution in [1.82, 2.24) is 9.62 Å². The van der Waals surface area contributed by atoms with Crippen molar-refractivity contribution in [1.29, 1.82) is 0 Å². The van der Waals surface area contributed by atoms with E-state index < -0.39 is 10.0 Å². The molecule has 0 radical (unpaired) electrons. The molecule has 0 aromatic heterocycles. The van der Waals surface area contributed by atoms with Gasteiger partial charge in [0, 0.05) is 31.7 Å². The van der Waals surface area contributed by atoms with Gasteiger partial charge in [0.25, 0.3) is 0 Å². The molecule has 7 heteroatoms. The maximum atomic E-state index is 12.5. The molecule has 1 N–H and O–H groups in total. The standard InChI is InChI=1S/C20H28N2O4S/c1-15(2)22(3)27(23,24)18-11-9-16(10-12-18)13-21-14-17-7-6-8-19(25-4)20(17)26-5/h6-12,15,21H,13-14H2,1-5H3. The fourth-order valence-corrected chi connectivity index (χ4v) is 4.03. The summed E-state index contributed by atoms with van der Waals surface area (Å²) in [6.45, 7) is 4.92. The number of para-hydroxylation sites is 1. The number of methoxy groups -OCH3 is 2. The molecule has 0 saturated carbocycles. The van der Waals surface area contributed by atoms with Crippen LogP contribution in [0.4, 0.5) is 0 Å². The maximum Gasteiger partial charge on any atom is 0.243 e. The molecule has 0 fully saturated rings. The first-order valence-corrected chi connectivity index (χ1v) is 10.2. The number of hydrogen-bond donors (Lipinski definition) is 1. The Morgan fingerprint density at radius 1 is 1.00 bits per heavy atom. The van der Waals surface area contributed by atoms with Crippen LogP contribution in [0.25, 0.3) is 0 Å². The lowest BCUT2D eigenvalue weighted by atomic mass is 10.1. The van der Waals surface area contributed by atoms with Crippen molar-refractivity contribution in [2.45, 2.75) is 37.9 Å². The van der Waals surface area contributed by atoms with Gasteiger partial charge in [0.1, 0.15) is 0 Å². The smallest absolute Gasteiger partial charge is 0.243 e. The monoisotopic (exact) mass is 392 g/mol. The summed E-state index contributed by atoms with van der Waals surface area (Å²) in [5.41, 5.74) is 2.00. The molecule has 148 valence electrons. The first-order chi connectivity index (χ1) is 12.8. The van der Waals surface area contributed by atoms with E-state index in [-0.39, 0.29) is 6.04 Å². The summed E-state index contributed by atoms with van der Waals surface area (Å²) in [5, 5.41) is 3.35. The lowest BCUT2D eigenvalue weighted by Gasteiger charge is -2.21. The second-order valence-corrected chi connectivity index (χ2v) is 8.51. The van der Waals surface area contributed by atoms with Crippen molar-refractivity contribution in [2.24, 2.45) is 0 Å². The predicted octanol–water partition coefficient (Wildman–Crippen LogP) is 3.02. The molecule has 0 amide bonds. The third-order valence-electron chi connectivity index (χ3n) is 4.46. The number of nitrogens with zero attached hydrogens (tertiary/aromatic N) is 1. The Labute approximate surface area is 162 Å². The minimum Gasteiger partial charge on any atom is -0.493 e. The Hall–Kier alpha value is -2.09. The summed E-state index contributed by atoms with van der Waals surface area (Å²) < 4.78 is 37.1. The number of benzene rings is 2. The first kappa shape index (κ1) is 21.2. The quantitative estimate of drug-likeness (QED) is 0.710. The Morgan fingerprint density at radius 2 is 1.67 bits per heavy atom. The minimum absolute atomic E-state index is 0.0887. The molecule has 0 spiro atoms. The normalized spacial score (nSPS) is 11.8. The van der Waals surface area contributed by atoms with E-state index >= 15 is 0 Å². The Bertz CT molecular complexity index is 849. The van der Waals surface area contributed by atoms with Crippen LogP contribution in [0.2, 0.25) is 0 Å². The highest BCUT2D eigenvalue weighted by Gasteiger charge is 2.22. The van der Waals surface area contributed by atoms with Crippen LogP contribution in [0.15, 0.2) is 47.4 Å². The zero-order valence-electron chi connectivity index (χ0n) is 16.5. The second-order valence-electron chi connectivity index (χ2n) is 6.52. The van der Waals surface area contributed by atoms with Crippen LogP contribution >= 0.6 is 0 Å². The molecule has 0 aliphatic heterocycles. The van der Waals surface area contributed by atoms with Crippen LogP contribution in [-0.4, -0.2) is 40.0 Å². The van der Waals surface area contributed by atoms with Crippen LogP contribution in [-0.2, 0) is 23.1 Å². The van der Waals surface area contributed by atoms with Crippen LogP contribution in [0.3, 0.4) is 0 Å². The van der Waals surface area contributed by atoms with Gasteiger partial charge in [-0.25, -0.2) is 8.42 Å². The Kier molecular flexibility index (Phi) is 7.24. The van der Waals surface area contributed by atoms with Crippen molar-refractivity contribution in [3.63, 3.8) is 0 Å². The molecule has 0 aliphatic carbocycles. The molecule has 0 unspecified atom stereocenters. The zero-order valence-corrected chi connectivity index (χ0v) is 17.3. The van der Waals surface area contributed by atoms with Crippen LogP contribution in [0.5, 0.6) is 11.5 Å². The van der Waals surface area contributed by atoms with E-state index in [4.69, 9.17) is 9.47 Å². The van der Waals surface area contributed by atoms with Crippen molar-refractivity contribution in [2.75, 3.05) is 21.3 Å². The summed E-state index contributed by atoms with van der Waals surface area (Å²) in [5.74, 6) is 1.41. The van der Waals surface area contributed by atoms with Crippen LogP contribution in [0.1, 0.15) is 25.0 Å². The number of ether oxygens (including phenoxy) is 2. The van der Waals surface area contributed by atoms with Gasteiger partial charge < -0.3 is 14.8 Å². The van der Waals surface area contributed by atoms with Gasteiger partial charge in [0.15, 0.2) is 11.5 Å². The molecule has 0 saturated heterocycles. The van der Waals surface area contributed by atoms with E-state index in [0.29, 0.717) is 29.5 Å². The molecule has 0 atom stereocenters. The van der Waals surface area contributed by atoms with Gasteiger partial charge in [-0.05, 0) is 37.6 Å². The van der Waals surface area contributed by atoms with Crippen molar-refractivity contribution < 1.29 is 17.9 Å². The van der Waals surface area contributed by atoms with Gasteiger partial charge in [-0.3, -0.25) is 0 Å². The van der Waals surface area contributed by atoms with Crippen molar-refractivity contribution in [3.8, 4) is 11.5 Å². The number of rotatable bonds is 9. The summed E-state index contributed by atoms with van der Waals surface area (Å²) >= 11 is 0. The number of nitrogens with one attached hydrogen (secondary N) is 1. The van der Waals surface area contributed by atoms with E-state index in [1.54, 1.807) is 33.4 Å². The molecule has 27 heavy (non-hydrogen) atoms. The molecule has 0 bridgehead atoms. The van der Waals surface area contributed by atoms with Gasteiger partial charge in [-0.2, -0.15) is 4.31 Å². The van der Waals surface area contributed by atoms with E-state index in [9.17, 15) is 8.42 Å². The van der Waals surface area contributed by atoms with E-state index in [0.717, 1.165) is 11.1 Å². The summed E-state index contributed by atoms with van der Waals surface area (Å²) in [6, 6.07) is 12.6. The lowest BCUT2D eigenvalue weighted by Crippen LogP contribution is -2.33. The molecule has 2 aromatic rings. The van der Waals surface area contributed by atoms with E-state index in [1.807, 2.05) is 44.2 Å². The average Bonchev–Trinajstić information content (AvgIpc) is 2.67. The summed E-state index contributed by atoms with van der Waals surface area (Å²) in [6.07, 6.45) is 0. The number of hydrogen-bond acceptors (Lipinski definition) is 5. The molecule has 0 heterocycles. The molecule has 2 rings (SSSR count). The first-order valence-electron chi connectivity index (χ1n) is 8.78. The van der Waals surface area contributed by atoms with Crippen LogP contribution in [0, 0.1) is 0 Å². The molecule has 0 aliphatic rings. The van der Waals surface area contributed by atoms with E-state index in [1.165, 1.54) is 4.31 Å². The average molecular weight is 393 g/mol. The Balaban J connectivity index is 2.02. The van der Waals surface area contributed by atoms with Crippen LogP contribution < -0.4 is 14.8 Å². The van der Waals surface area contributed by atoms with Gasteiger partial charge in [0.2, 0.25) is 10.0 Å². The van der Waals surface area contributed by atoms with Gasteiger partial charge in [-0.1, -0.05) is 24.3 Å². The lowest BCUT2D eigenvalue weighted by molar-refractivity contribution is 0.350. The Morgan fingerprint density at radius 3 is 2.22 bits per heavy atom. The van der Waals surface area contributed by atoms with Crippen molar-refractivity contribution in [3.05, 3.63) is 53.6 Å². The highest BCUT2D eigenvalue weighted by Crippen LogP contribution is 2.30. The van der Waals surface area contributed by atoms with Crippen molar-refractivity contribution >= 4 is 10.0 Å². The zero-order chi connectivity index (χ0) is 20.0. The fraction of sp³-hybridized carbons (Fsp3) is 0.400. The number of sulfonamides is 1. The topological polar surface area (TPSA) is 67.9 Å². The van der Waals surface area contributed by atoms with Gasteiger partial charge in [-0.15, -0.1) is 0 Å². The third-order valence-corrected chi connectivity index (χ3v) is 6.50. The summed E-state index contributed by atoms with van der Waals surface area (Å²) in [4.78, 5) is 0.303. The third kappa shape index (κ3) is 5.00. The molecular formula is C20H28N2O4S. The van der Waals surface area contributed by atoms with Gasteiger partial charge >= 0.3 is 0 Å². The maximum absolute atomic E-state index is 12.5. The minimum atomic E-state index is -3.45. The largest absolute Gasteiger partial charge is 0.493 e. The SMILES string of the molecule is COc1cccc(CNCc2ccc(S(=O)(=O)N(C)C(C)C)cc2)c1OC. The molecule has 2 aromatic carbocycles. The second kappa shape index (κ2) is 9.21. The highest BCUT2D eigenvalue weighted by molar-refractivity contribution is 7.89. The predicted molar refractivity (Wildman–Crippen MR) is 107 cm³/mol. The van der Waals surface area contributed by atoms with Gasteiger partial charge in [0.05, 0.1) is 19.1 Å². The molecular weight excluding hydrogens is 364 g/mol. The highest BCUT2D eigenvalue weighted by atomic mass is 32.2. The fourth-order valence-electron chi connectivity index (χ4n) is 2.66. The summed E-state index contributed by atoms with van der Waals surface area (Å²) in [7, 11) is 1.37. The molecule has 6 nitrogen and oxygen atoms in total.